The Labute approximate surface area is 107 Å². The summed E-state index contributed by atoms with van der Waals surface area (Å²) in [7, 11) is 0. The van der Waals surface area contributed by atoms with Gasteiger partial charge in [-0.15, -0.1) is 0 Å². The summed E-state index contributed by atoms with van der Waals surface area (Å²) >= 11 is 0. The van der Waals surface area contributed by atoms with Crippen molar-refractivity contribution in [1.82, 2.24) is 9.55 Å². The Bertz CT molecular complexity index is 711. The summed E-state index contributed by atoms with van der Waals surface area (Å²) in [6.07, 6.45) is -2.71. The Morgan fingerprint density at radius 1 is 0.895 bits per heavy atom. The molecule has 0 bridgehead atoms. The van der Waals surface area contributed by atoms with Gasteiger partial charge in [0, 0.05) is 5.69 Å². The Morgan fingerprint density at radius 2 is 1.58 bits per heavy atom. The van der Waals surface area contributed by atoms with Crippen LogP contribution in [0.15, 0.2) is 54.9 Å². The zero-order chi connectivity index (χ0) is 13.5. The molecule has 0 saturated carbocycles. The highest BCUT2D eigenvalue weighted by molar-refractivity contribution is 5.77. The Balaban J connectivity index is 2.07. The average molecular weight is 262 g/mol. The molecule has 2 nitrogen and oxygen atoms in total. The minimum Gasteiger partial charge on any atom is -0.299 e. The van der Waals surface area contributed by atoms with Gasteiger partial charge in [-0.05, 0) is 36.4 Å². The van der Waals surface area contributed by atoms with E-state index in [-0.39, 0.29) is 0 Å². The fraction of sp³-hybridized carbons (Fsp3) is 0.0714. The largest absolute Gasteiger partial charge is 0.416 e. The summed E-state index contributed by atoms with van der Waals surface area (Å²) in [6, 6.07) is 12.5. The standard InChI is InChI=1S/C14H9F3N2/c15-14(16,17)10-5-7-11(8-6-10)19-9-18-12-3-1-2-4-13(12)19/h1-9H. The monoisotopic (exact) mass is 262 g/mol. The van der Waals surface area contributed by atoms with E-state index in [1.54, 1.807) is 10.9 Å². The van der Waals surface area contributed by atoms with Gasteiger partial charge in [0.05, 0.1) is 16.6 Å². The van der Waals surface area contributed by atoms with E-state index in [0.29, 0.717) is 5.69 Å². The van der Waals surface area contributed by atoms with Gasteiger partial charge in [-0.1, -0.05) is 12.1 Å². The van der Waals surface area contributed by atoms with Crippen LogP contribution in [-0.2, 0) is 6.18 Å². The summed E-state index contributed by atoms with van der Waals surface area (Å²) in [5, 5.41) is 0. The first-order valence-electron chi connectivity index (χ1n) is 5.65. The zero-order valence-electron chi connectivity index (χ0n) is 9.72. The molecule has 2 aromatic carbocycles. The smallest absolute Gasteiger partial charge is 0.299 e. The molecule has 0 aliphatic heterocycles. The zero-order valence-corrected chi connectivity index (χ0v) is 9.72. The maximum atomic E-state index is 12.5. The molecule has 0 aliphatic carbocycles. The van der Waals surface area contributed by atoms with Gasteiger partial charge in [0.1, 0.15) is 6.33 Å². The number of alkyl halides is 3. The molecule has 0 amide bonds. The number of nitrogens with zero attached hydrogens (tertiary/aromatic N) is 2. The van der Waals surface area contributed by atoms with Crippen LogP contribution in [0.4, 0.5) is 13.2 Å². The molecule has 1 heterocycles. The fourth-order valence-electron chi connectivity index (χ4n) is 1.98. The molecule has 0 radical (unpaired) electrons. The van der Waals surface area contributed by atoms with Crippen molar-refractivity contribution in [3.05, 3.63) is 60.4 Å². The van der Waals surface area contributed by atoms with Crippen molar-refractivity contribution in [3.63, 3.8) is 0 Å². The molecule has 0 spiro atoms. The fourth-order valence-corrected chi connectivity index (χ4v) is 1.98. The topological polar surface area (TPSA) is 17.8 Å². The van der Waals surface area contributed by atoms with Gasteiger partial charge in [0.15, 0.2) is 0 Å². The molecule has 19 heavy (non-hydrogen) atoms. The van der Waals surface area contributed by atoms with Gasteiger partial charge in [-0.2, -0.15) is 13.2 Å². The summed E-state index contributed by atoms with van der Waals surface area (Å²) < 4.78 is 39.2. The van der Waals surface area contributed by atoms with E-state index in [1.807, 2.05) is 24.3 Å². The van der Waals surface area contributed by atoms with Crippen LogP contribution >= 0.6 is 0 Å². The lowest BCUT2D eigenvalue weighted by atomic mass is 10.2. The SMILES string of the molecule is FC(F)(F)c1ccc(-n2cnc3ccccc32)cc1. The molecule has 0 unspecified atom stereocenters. The summed E-state index contributed by atoms with van der Waals surface area (Å²) in [4.78, 5) is 4.21. The van der Waals surface area contributed by atoms with Crippen molar-refractivity contribution in [2.24, 2.45) is 0 Å². The third kappa shape index (κ3) is 2.07. The van der Waals surface area contributed by atoms with Crippen LogP contribution in [0.25, 0.3) is 16.7 Å². The van der Waals surface area contributed by atoms with Gasteiger partial charge in [-0.25, -0.2) is 4.98 Å². The van der Waals surface area contributed by atoms with E-state index in [1.165, 1.54) is 12.1 Å². The number of rotatable bonds is 1. The average Bonchev–Trinajstić information content (AvgIpc) is 2.82. The third-order valence-corrected chi connectivity index (χ3v) is 2.93. The molecule has 96 valence electrons. The predicted octanol–water partition coefficient (Wildman–Crippen LogP) is 4.04. The molecule has 0 fully saturated rings. The Hall–Kier alpha value is -2.30. The molecule has 3 rings (SSSR count). The van der Waals surface area contributed by atoms with E-state index >= 15 is 0 Å². The van der Waals surface area contributed by atoms with E-state index in [0.717, 1.165) is 23.2 Å². The lowest BCUT2D eigenvalue weighted by Gasteiger charge is -2.08. The number of benzene rings is 2. The maximum Gasteiger partial charge on any atom is 0.416 e. The first kappa shape index (κ1) is 11.8. The summed E-state index contributed by atoms with van der Waals surface area (Å²) in [5.41, 5.74) is 1.67. The first-order valence-corrected chi connectivity index (χ1v) is 5.65. The first-order chi connectivity index (χ1) is 9.05. The quantitative estimate of drug-likeness (QED) is 0.647. The van der Waals surface area contributed by atoms with Crippen molar-refractivity contribution in [3.8, 4) is 5.69 Å². The number of imidazole rings is 1. The Kier molecular flexibility index (Phi) is 2.55. The Morgan fingerprint density at radius 3 is 2.26 bits per heavy atom. The van der Waals surface area contributed by atoms with Crippen molar-refractivity contribution >= 4 is 11.0 Å². The number of hydrogen-bond donors (Lipinski definition) is 0. The highest BCUT2D eigenvalue weighted by atomic mass is 19.4. The lowest BCUT2D eigenvalue weighted by Crippen LogP contribution is -2.04. The molecule has 0 atom stereocenters. The molecule has 3 aromatic rings. The third-order valence-electron chi connectivity index (χ3n) is 2.93. The second kappa shape index (κ2) is 4.12. The second-order valence-corrected chi connectivity index (χ2v) is 4.15. The van der Waals surface area contributed by atoms with Gasteiger partial charge in [-0.3, -0.25) is 4.57 Å². The van der Waals surface area contributed by atoms with E-state index in [2.05, 4.69) is 4.98 Å². The van der Waals surface area contributed by atoms with E-state index < -0.39 is 11.7 Å². The van der Waals surface area contributed by atoms with Crippen LogP contribution in [0.3, 0.4) is 0 Å². The molecular formula is C14H9F3N2. The van der Waals surface area contributed by atoms with E-state index in [9.17, 15) is 13.2 Å². The minimum atomic E-state index is -4.31. The van der Waals surface area contributed by atoms with Crippen molar-refractivity contribution in [1.29, 1.82) is 0 Å². The number of para-hydroxylation sites is 2. The van der Waals surface area contributed by atoms with Crippen LogP contribution in [0.5, 0.6) is 0 Å². The van der Waals surface area contributed by atoms with Gasteiger partial charge in [0.25, 0.3) is 0 Å². The second-order valence-electron chi connectivity index (χ2n) is 4.15. The van der Waals surface area contributed by atoms with Crippen LogP contribution < -0.4 is 0 Å². The van der Waals surface area contributed by atoms with Crippen molar-refractivity contribution < 1.29 is 13.2 Å². The molecule has 1 aromatic heterocycles. The normalized spacial score (nSPS) is 11.9. The predicted molar refractivity (Wildman–Crippen MR) is 66.1 cm³/mol. The number of halogens is 3. The highest BCUT2D eigenvalue weighted by Crippen LogP contribution is 2.30. The summed E-state index contributed by atoms with van der Waals surface area (Å²) in [6.45, 7) is 0. The minimum absolute atomic E-state index is 0.652. The van der Waals surface area contributed by atoms with E-state index in [4.69, 9.17) is 0 Å². The van der Waals surface area contributed by atoms with Gasteiger partial charge >= 0.3 is 6.18 Å². The molecular weight excluding hydrogens is 253 g/mol. The number of aromatic nitrogens is 2. The lowest BCUT2D eigenvalue weighted by molar-refractivity contribution is -0.137. The molecule has 0 saturated heterocycles. The van der Waals surface area contributed by atoms with Crippen LogP contribution in [0.2, 0.25) is 0 Å². The highest BCUT2D eigenvalue weighted by Gasteiger charge is 2.30. The summed E-state index contributed by atoms with van der Waals surface area (Å²) in [5.74, 6) is 0. The number of fused-ring (bicyclic) bond motifs is 1. The van der Waals surface area contributed by atoms with Crippen molar-refractivity contribution in [2.75, 3.05) is 0 Å². The molecule has 0 aliphatic rings. The van der Waals surface area contributed by atoms with Crippen LogP contribution in [0.1, 0.15) is 5.56 Å². The van der Waals surface area contributed by atoms with Crippen LogP contribution in [-0.4, -0.2) is 9.55 Å². The van der Waals surface area contributed by atoms with Gasteiger partial charge < -0.3 is 0 Å². The number of hydrogen-bond acceptors (Lipinski definition) is 1. The maximum absolute atomic E-state index is 12.5. The molecule has 0 N–H and O–H groups in total. The van der Waals surface area contributed by atoms with Crippen LogP contribution in [0, 0.1) is 0 Å². The van der Waals surface area contributed by atoms with Crippen molar-refractivity contribution in [2.45, 2.75) is 6.18 Å². The van der Waals surface area contributed by atoms with Gasteiger partial charge in [0.2, 0.25) is 0 Å². The molecule has 5 heteroatoms.